The van der Waals surface area contributed by atoms with Gasteiger partial charge in [-0.2, -0.15) is 0 Å². The van der Waals surface area contributed by atoms with Crippen LogP contribution in [0.3, 0.4) is 0 Å². The van der Waals surface area contributed by atoms with Crippen molar-refractivity contribution in [3.8, 4) is 5.75 Å². The summed E-state index contributed by atoms with van der Waals surface area (Å²) in [4.78, 5) is 0. The summed E-state index contributed by atoms with van der Waals surface area (Å²) in [5.74, 6) is 1.06. The van der Waals surface area contributed by atoms with Gasteiger partial charge >= 0.3 is 0 Å². The zero-order valence-corrected chi connectivity index (χ0v) is 11.7. The third-order valence-electron chi connectivity index (χ3n) is 3.40. The van der Waals surface area contributed by atoms with Crippen molar-refractivity contribution in [2.45, 2.75) is 46.0 Å². The molecular weight excluding hydrogens is 224 g/mol. The highest BCUT2D eigenvalue weighted by atomic mass is 16.5. The van der Waals surface area contributed by atoms with Gasteiger partial charge in [0.25, 0.3) is 0 Å². The maximum atomic E-state index is 9.63. The second-order valence-corrected chi connectivity index (χ2v) is 4.87. The zero-order chi connectivity index (χ0) is 13.2. The Balaban J connectivity index is 2.19. The van der Waals surface area contributed by atoms with Crippen LogP contribution in [0.25, 0.3) is 0 Å². The minimum absolute atomic E-state index is 0.374. The fourth-order valence-corrected chi connectivity index (χ4v) is 2.05. The first-order chi connectivity index (χ1) is 8.77. The van der Waals surface area contributed by atoms with E-state index in [1.165, 1.54) is 25.7 Å². The fourth-order valence-electron chi connectivity index (χ4n) is 2.05. The Hall–Kier alpha value is -1.02. The number of phenols is 1. The van der Waals surface area contributed by atoms with Gasteiger partial charge < -0.3 is 9.84 Å². The first kappa shape index (κ1) is 15.0. The molecule has 0 fully saturated rings. The van der Waals surface area contributed by atoms with Crippen molar-refractivity contribution in [2.75, 3.05) is 13.2 Å². The van der Waals surface area contributed by atoms with Crippen LogP contribution in [0.15, 0.2) is 24.3 Å². The molecule has 1 unspecified atom stereocenters. The highest BCUT2D eigenvalue weighted by Crippen LogP contribution is 2.17. The van der Waals surface area contributed by atoms with Gasteiger partial charge in [0, 0.05) is 6.61 Å². The van der Waals surface area contributed by atoms with Crippen molar-refractivity contribution in [1.29, 1.82) is 0 Å². The van der Waals surface area contributed by atoms with E-state index in [-0.39, 0.29) is 0 Å². The summed E-state index contributed by atoms with van der Waals surface area (Å²) in [7, 11) is 0. The van der Waals surface area contributed by atoms with Crippen molar-refractivity contribution in [2.24, 2.45) is 5.92 Å². The Morgan fingerprint density at radius 1 is 1.22 bits per heavy atom. The van der Waals surface area contributed by atoms with Crippen LogP contribution in [0.1, 0.15) is 45.1 Å². The summed E-state index contributed by atoms with van der Waals surface area (Å²) < 4.78 is 5.73. The van der Waals surface area contributed by atoms with Crippen molar-refractivity contribution >= 4 is 0 Å². The molecule has 2 nitrogen and oxygen atoms in total. The first-order valence-electron chi connectivity index (χ1n) is 7.12. The maximum Gasteiger partial charge on any atom is 0.118 e. The third kappa shape index (κ3) is 5.54. The summed E-state index contributed by atoms with van der Waals surface area (Å²) in [6.45, 7) is 6.00. The fraction of sp³-hybridized carbons (Fsp3) is 0.625. The molecule has 0 radical (unpaired) electrons. The molecule has 1 aromatic rings. The molecule has 1 aromatic carbocycles. The molecule has 0 spiro atoms. The Bertz CT molecular complexity index is 323. The molecule has 18 heavy (non-hydrogen) atoms. The molecule has 0 aliphatic carbocycles. The van der Waals surface area contributed by atoms with E-state index in [1.54, 1.807) is 6.07 Å². The highest BCUT2D eigenvalue weighted by Gasteiger charge is 2.06. The molecule has 0 bridgehead atoms. The molecular formula is C16H26O2. The Morgan fingerprint density at radius 3 is 2.67 bits per heavy atom. The molecule has 0 aromatic heterocycles. The number of phenolic OH excluding ortho intramolecular Hbond substituents is 1. The molecule has 2 heteroatoms. The molecule has 0 amide bonds. The third-order valence-corrected chi connectivity index (χ3v) is 3.40. The Morgan fingerprint density at radius 2 is 2.00 bits per heavy atom. The average molecular weight is 250 g/mol. The number of hydrogen-bond donors (Lipinski definition) is 1. The number of hydrogen-bond acceptors (Lipinski definition) is 2. The van der Waals surface area contributed by atoms with Crippen LogP contribution in [0.2, 0.25) is 0 Å². The topological polar surface area (TPSA) is 29.5 Å². The summed E-state index contributed by atoms with van der Waals surface area (Å²) >= 11 is 0. The normalized spacial score (nSPS) is 12.6. The van der Waals surface area contributed by atoms with E-state index in [0.29, 0.717) is 18.3 Å². The standard InChI is InChI=1S/C16H26O2/c1-3-5-8-14(4-2)13-18-12-11-15-9-6-7-10-16(15)17/h6-7,9-10,14,17H,3-5,8,11-13H2,1-2H3. The molecule has 0 saturated carbocycles. The smallest absolute Gasteiger partial charge is 0.118 e. The van der Waals surface area contributed by atoms with E-state index in [1.807, 2.05) is 18.2 Å². The summed E-state index contributed by atoms with van der Waals surface area (Å²) in [6, 6.07) is 7.47. The number of para-hydroxylation sites is 1. The average Bonchev–Trinajstić information content (AvgIpc) is 2.40. The quantitative estimate of drug-likeness (QED) is 0.667. The first-order valence-corrected chi connectivity index (χ1v) is 7.12. The van der Waals surface area contributed by atoms with E-state index in [4.69, 9.17) is 4.74 Å². The molecule has 1 N–H and O–H groups in total. The van der Waals surface area contributed by atoms with Crippen LogP contribution in [0.5, 0.6) is 5.75 Å². The second kappa shape index (κ2) is 8.98. The van der Waals surface area contributed by atoms with Crippen molar-refractivity contribution in [3.05, 3.63) is 29.8 Å². The van der Waals surface area contributed by atoms with Gasteiger partial charge in [-0.25, -0.2) is 0 Å². The van der Waals surface area contributed by atoms with E-state index >= 15 is 0 Å². The minimum Gasteiger partial charge on any atom is -0.508 e. The number of aromatic hydroxyl groups is 1. The number of benzene rings is 1. The Kier molecular flexibility index (Phi) is 7.51. The van der Waals surface area contributed by atoms with Gasteiger partial charge in [0.2, 0.25) is 0 Å². The number of ether oxygens (including phenoxy) is 1. The SMILES string of the molecule is CCCCC(CC)COCCc1ccccc1O. The lowest BCUT2D eigenvalue weighted by Crippen LogP contribution is -2.10. The van der Waals surface area contributed by atoms with Crippen LogP contribution in [0.4, 0.5) is 0 Å². The highest BCUT2D eigenvalue weighted by molar-refractivity contribution is 5.31. The van der Waals surface area contributed by atoms with Gasteiger partial charge in [-0.05, 0) is 30.4 Å². The number of rotatable bonds is 9. The van der Waals surface area contributed by atoms with Gasteiger partial charge in [-0.1, -0.05) is 51.3 Å². The van der Waals surface area contributed by atoms with Gasteiger partial charge in [0.15, 0.2) is 0 Å². The van der Waals surface area contributed by atoms with E-state index in [9.17, 15) is 5.11 Å². The van der Waals surface area contributed by atoms with Crippen LogP contribution < -0.4 is 0 Å². The van der Waals surface area contributed by atoms with Crippen molar-refractivity contribution in [3.63, 3.8) is 0 Å². The molecule has 0 aliphatic heterocycles. The molecule has 102 valence electrons. The maximum absolute atomic E-state index is 9.63. The molecule has 1 atom stereocenters. The predicted octanol–water partition coefficient (Wildman–Crippen LogP) is 4.17. The lowest BCUT2D eigenvalue weighted by Gasteiger charge is -2.14. The summed E-state index contributed by atoms with van der Waals surface area (Å²) in [5.41, 5.74) is 0.971. The van der Waals surface area contributed by atoms with Gasteiger partial charge in [0.05, 0.1) is 6.61 Å². The van der Waals surface area contributed by atoms with E-state index in [0.717, 1.165) is 18.6 Å². The van der Waals surface area contributed by atoms with Crippen LogP contribution in [0, 0.1) is 5.92 Å². The van der Waals surface area contributed by atoms with Gasteiger partial charge in [-0.15, -0.1) is 0 Å². The van der Waals surface area contributed by atoms with Crippen molar-refractivity contribution < 1.29 is 9.84 Å². The molecule has 1 rings (SSSR count). The van der Waals surface area contributed by atoms with Gasteiger partial charge in [0.1, 0.15) is 5.75 Å². The van der Waals surface area contributed by atoms with Crippen LogP contribution in [-0.2, 0) is 11.2 Å². The minimum atomic E-state index is 0.374. The lowest BCUT2D eigenvalue weighted by atomic mass is 10.0. The lowest BCUT2D eigenvalue weighted by molar-refractivity contribution is 0.0960. The monoisotopic (exact) mass is 250 g/mol. The van der Waals surface area contributed by atoms with Gasteiger partial charge in [-0.3, -0.25) is 0 Å². The largest absolute Gasteiger partial charge is 0.508 e. The summed E-state index contributed by atoms with van der Waals surface area (Å²) in [6.07, 6.45) is 5.80. The van der Waals surface area contributed by atoms with Crippen LogP contribution >= 0.6 is 0 Å². The molecule has 0 saturated heterocycles. The number of unbranched alkanes of at least 4 members (excludes halogenated alkanes) is 1. The Labute approximate surface area is 111 Å². The molecule has 0 heterocycles. The molecule has 0 aliphatic rings. The summed E-state index contributed by atoms with van der Waals surface area (Å²) in [5, 5.41) is 9.63. The second-order valence-electron chi connectivity index (χ2n) is 4.87. The van der Waals surface area contributed by atoms with Crippen molar-refractivity contribution in [1.82, 2.24) is 0 Å². The van der Waals surface area contributed by atoms with E-state index in [2.05, 4.69) is 13.8 Å². The van der Waals surface area contributed by atoms with E-state index < -0.39 is 0 Å². The van der Waals surface area contributed by atoms with Crippen LogP contribution in [-0.4, -0.2) is 18.3 Å². The zero-order valence-electron chi connectivity index (χ0n) is 11.7. The predicted molar refractivity (Wildman–Crippen MR) is 75.9 cm³/mol.